The molecule has 5 rings (SSSR count). The number of aliphatic hydroxyl groups excluding tert-OH is 3. The number of aromatic hydroxyl groups is 2. The summed E-state index contributed by atoms with van der Waals surface area (Å²) < 4.78 is 6.18. The van der Waals surface area contributed by atoms with Gasteiger partial charge >= 0.3 is 0 Å². The topological polar surface area (TPSA) is 127 Å². The third kappa shape index (κ3) is 1.86. The smallest absolute Gasteiger partial charge is 0.189 e. The molecule has 27 heavy (non-hydrogen) atoms. The Morgan fingerprint density at radius 3 is 2.44 bits per heavy atom. The van der Waals surface area contributed by atoms with Gasteiger partial charge in [-0.25, -0.2) is 0 Å². The van der Waals surface area contributed by atoms with E-state index in [1.165, 1.54) is 24.3 Å². The van der Waals surface area contributed by atoms with Gasteiger partial charge in [-0.05, 0) is 35.4 Å². The van der Waals surface area contributed by atoms with E-state index in [1.807, 2.05) is 0 Å². The van der Waals surface area contributed by atoms with E-state index in [4.69, 9.17) is 4.74 Å². The first-order valence-corrected chi connectivity index (χ1v) is 8.51. The van der Waals surface area contributed by atoms with Crippen LogP contribution < -0.4 is 0 Å². The molecule has 3 aliphatic rings. The first kappa shape index (κ1) is 16.5. The molecule has 1 aliphatic heterocycles. The molecule has 1 heterocycles. The molecule has 0 fully saturated rings. The summed E-state index contributed by atoms with van der Waals surface area (Å²) in [6.45, 7) is 0. The summed E-state index contributed by atoms with van der Waals surface area (Å²) in [6, 6.07) is 7.60. The lowest BCUT2D eigenvalue weighted by Crippen LogP contribution is -2.42. The minimum Gasteiger partial charge on any atom is -0.508 e. The van der Waals surface area contributed by atoms with E-state index in [9.17, 15) is 30.3 Å². The summed E-state index contributed by atoms with van der Waals surface area (Å²) in [4.78, 5) is 12.3. The van der Waals surface area contributed by atoms with Gasteiger partial charge in [-0.1, -0.05) is 18.2 Å². The zero-order valence-electron chi connectivity index (χ0n) is 13.9. The molecule has 0 aromatic heterocycles. The molecule has 0 saturated carbocycles. The number of ketones is 1. The Morgan fingerprint density at radius 1 is 0.889 bits per heavy atom. The predicted octanol–water partition coefficient (Wildman–Crippen LogP) is 0.934. The first-order valence-electron chi connectivity index (χ1n) is 8.51. The third-order valence-electron chi connectivity index (χ3n) is 5.70. The molecule has 0 saturated heterocycles. The first-order chi connectivity index (χ1) is 12.9. The van der Waals surface area contributed by atoms with E-state index in [-0.39, 0.29) is 28.4 Å². The Labute approximate surface area is 153 Å². The van der Waals surface area contributed by atoms with Crippen LogP contribution in [0.4, 0.5) is 0 Å². The number of hydrogen-bond donors (Lipinski definition) is 5. The van der Waals surface area contributed by atoms with Crippen LogP contribution in [0.25, 0.3) is 0 Å². The minimum absolute atomic E-state index is 0.0936. The van der Waals surface area contributed by atoms with Crippen LogP contribution in [0.15, 0.2) is 42.5 Å². The molecule has 5 N–H and O–H groups in total. The normalized spacial score (nSPS) is 33.2. The van der Waals surface area contributed by atoms with Gasteiger partial charge in [0.05, 0.1) is 5.56 Å². The van der Waals surface area contributed by atoms with E-state index in [1.54, 1.807) is 18.2 Å². The molecule has 0 amide bonds. The van der Waals surface area contributed by atoms with Gasteiger partial charge in [0.25, 0.3) is 0 Å². The number of carbonyl (C=O) groups is 1. The fraction of sp³-hybridized carbons (Fsp3) is 0.250. The van der Waals surface area contributed by atoms with Gasteiger partial charge in [0.15, 0.2) is 5.78 Å². The maximum absolute atomic E-state index is 12.3. The zero-order valence-corrected chi connectivity index (χ0v) is 13.9. The lowest BCUT2D eigenvalue weighted by atomic mass is 9.75. The number of phenolic OH excluding ortho intramolecular Hbond substituents is 2. The third-order valence-corrected chi connectivity index (χ3v) is 5.70. The van der Waals surface area contributed by atoms with Crippen LogP contribution in [0.2, 0.25) is 0 Å². The predicted molar refractivity (Wildman–Crippen MR) is 91.3 cm³/mol. The molecule has 2 aromatic rings. The summed E-state index contributed by atoms with van der Waals surface area (Å²) in [5.74, 6) is -0.786. The molecule has 7 heteroatoms. The maximum atomic E-state index is 12.3. The summed E-state index contributed by atoms with van der Waals surface area (Å²) in [5, 5.41) is 51.5. The van der Waals surface area contributed by atoms with E-state index in [2.05, 4.69) is 0 Å². The summed E-state index contributed by atoms with van der Waals surface area (Å²) in [5.41, 5.74) is 0.202. The molecule has 2 aliphatic carbocycles. The second-order valence-corrected chi connectivity index (χ2v) is 7.06. The van der Waals surface area contributed by atoms with Crippen LogP contribution in [0.5, 0.6) is 11.5 Å². The number of allylic oxidation sites excluding steroid dienone is 1. The number of carbonyl (C=O) groups excluding carboxylic acids is 1. The number of phenols is 2. The number of rotatable bonds is 0. The quantitative estimate of drug-likeness (QED) is 0.468. The van der Waals surface area contributed by atoms with E-state index in [0.29, 0.717) is 16.7 Å². The van der Waals surface area contributed by atoms with Crippen LogP contribution in [0.1, 0.15) is 44.8 Å². The fourth-order valence-electron chi connectivity index (χ4n) is 4.48. The van der Waals surface area contributed by atoms with E-state index < -0.39 is 30.0 Å². The van der Waals surface area contributed by atoms with Gasteiger partial charge in [-0.2, -0.15) is 0 Å². The highest BCUT2D eigenvalue weighted by Gasteiger charge is 2.56. The van der Waals surface area contributed by atoms with Crippen molar-refractivity contribution in [2.45, 2.75) is 30.0 Å². The summed E-state index contributed by atoms with van der Waals surface area (Å²) in [6.07, 6.45) is -2.65. The second kappa shape index (κ2) is 5.17. The number of ether oxygens (including phenoxy) is 1. The van der Waals surface area contributed by atoms with Crippen LogP contribution in [0.3, 0.4) is 0 Å². The van der Waals surface area contributed by atoms with Crippen molar-refractivity contribution in [3.8, 4) is 11.5 Å². The van der Waals surface area contributed by atoms with Gasteiger partial charge in [0.2, 0.25) is 0 Å². The van der Waals surface area contributed by atoms with Crippen LogP contribution in [0, 0.1) is 0 Å². The van der Waals surface area contributed by atoms with Crippen molar-refractivity contribution in [2.75, 3.05) is 0 Å². The number of aliphatic hydroxyl groups is 3. The minimum atomic E-state index is -1.54. The lowest BCUT2D eigenvalue weighted by Gasteiger charge is -2.35. The molecule has 5 atom stereocenters. The van der Waals surface area contributed by atoms with Gasteiger partial charge in [-0.3, -0.25) is 4.79 Å². The van der Waals surface area contributed by atoms with Crippen LogP contribution in [-0.4, -0.2) is 43.5 Å². The van der Waals surface area contributed by atoms with Gasteiger partial charge in [0.1, 0.15) is 41.5 Å². The van der Waals surface area contributed by atoms with Crippen molar-refractivity contribution < 1.29 is 35.1 Å². The molecule has 0 bridgehead atoms. The van der Waals surface area contributed by atoms with Crippen molar-refractivity contribution in [3.63, 3.8) is 0 Å². The SMILES string of the molecule is O=C1C=C[C@]2(O[C@@H]3c4c2ccc(O)c4[C@H](O)[C@H](O)[C@@H]3O)c2cccc(O)c21. The Bertz CT molecular complexity index is 1030. The number of benzene rings is 2. The molecular formula is C20H16O7. The highest BCUT2D eigenvalue weighted by Crippen LogP contribution is 2.58. The highest BCUT2D eigenvalue weighted by atomic mass is 16.5. The Kier molecular flexibility index (Phi) is 3.15. The van der Waals surface area contributed by atoms with Crippen LogP contribution in [-0.2, 0) is 10.3 Å². The number of fused-ring (bicyclic) bond motifs is 3. The Morgan fingerprint density at radius 2 is 1.67 bits per heavy atom. The average Bonchev–Trinajstić information content (AvgIpc) is 2.98. The Balaban J connectivity index is 1.85. The van der Waals surface area contributed by atoms with Crippen molar-refractivity contribution in [1.29, 1.82) is 0 Å². The molecule has 1 spiro atoms. The molecule has 2 aromatic carbocycles. The average molecular weight is 368 g/mol. The van der Waals surface area contributed by atoms with Crippen molar-refractivity contribution in [2.24, 2.45) is 0 Å². The Hall–Kier alpha value is -2.71. The molecule has 0 radical (unpaired) electrons. The van der Waals surface area contributed by atoms with E-state index >= 15 is 0 Å². The fourth-order valence-corrected chi connectivity index (χ4v) is 4.48. The van der Waals surface area contributed by atoms with Crippen molar-refractivity contribution >= 4 is 5.78 Å². The standard InChI is InChI=1S/C20H16O7/c21-10-3-1-2-8-13(10)12(23)6-7-20(8)9-4-5-11(22)15-14(9)19(27-20)18(26)17(25)16(15)24/h1-7,16-19,21-22,24-26H/t16-,17-,18-,19+,20-/m0/s1. The van der Waals surface area contributed by atoms with Gasteiger partial charge in [0, 0.05) is 11.1 Å². The maximum Gasteiger partial charge on any atom is 0.189 e. The second-order valence-electron chi connectivity index (χ2n) is 7.06. The molecule has 7 nitrogen and oxygen atoms in total. The molecule has 138 valence electrons. The number of hydrogen-bond acceptors (Lipinski definition) is 7. The van der Waals surface area contributed by atoms with Crippen molar-refractivity contribution in [1.82, 2.24) is 0 Å². The largest absolute Gasteiger partial charge is 0.508 e. The van der Waals surface area contributed by atoms with Crippen molar-refractivity contribution in [3.05, 3.63) is 70.3 Å². The highest BCUT2D eigenvalue weighted by molar-refractivity contribution is 6.09. The summed E-state index contributed by atoms with van der Waals surface area (Å²) in [7, 11) is 0. The van der Waals surface area contributed by atoms with Crippen LogP contribution >= 0.6 is 0 Å². The van der Waals surface area contributed by atoms with Gasteiger partial charge in [-0.15, -0.1) is 0 Å². The monoisotopic (exact) mass is 368 g/mol. The lowest BCUT2D eigenvalue weighted by molar-refractivity contribution is -0.152. The molecular weight excluding hydrogens is 352 g/mol. The van der Waals surface area contributed by atoms with E-state index in [0.717, 1.165) is 0 Å². The van der Waals surface area contributed by atoms with Gasteiger partial charge < -0.3 is 30.3 Å². The zero-order chi connectivity index (χ0) is 19.1. The molecule has 0 unspecified atom stereocenters. The summed E-state index contributed by atoms with van der Waals surface area (Å²) >= 11 is 0.